The van der Waals surface area contributed by atoms with E-state index < -0.39 is 5.60 Å². The molecule has 2 rings (SSSR count). The standard InChI is InChI=1S/C18H34N2O2S/c1-18(2,3)22-17(21)19-12-13-8-5-6-9-14(13)20-15-10-7-11-16(15)23-4/h13-16,20H,5-12H2,1-4H3,(H,19,21). The number of carbonyl (C=O) groups is 1. The van der Waals surface area contributed by atoms with Crippen LogP contribution in [-0.2, 0) is 4.74 Å². The summed E-state index contributed by atoms with van der Waals surface area (Å²) in [4.78, 5) is 11.9. The number of hydrogen-bond acceptors (Lipinski definition) is 4. The van der Waals surface area contributed by atoms with Crippen molar-refractivity contribution in [1.29, 1.82) is 0 Å². The summed E-state index contributed by atoms with van der Waals surface area (Å²) in [5.41, 5.74) is -0.427. The molecule has 1 amide bonds. The van der Waals surface area contributed by atoms with Crippen LogP contribution in [0.1, 0.15) is 65.7 Å². The number of nitrogens with one attached hydrogen (secondary N) is 2. The topological polar surface area (TPSA) is 50.4 Å². The minimum atomic E-state index is -0.427. The van der Waals surface area contributed by atoms with Crippen molar-refractivity contribution in [2.75, 3.05) is 12.8 Å². The van der Waals surface area contributed by atoms with Crippen molar-refractivity contribution in [3.05, 3.63) is 0 Å². The van der Waals surface area contributed by atoms with Crippen molar-refractivity contribution >= 4 is 17.9 Å². The van der Waals surface area contributed by atoms with Crippen LogP contribution in [0.3, 0.4) is 0 Å². The molecule has 2 saturated carbocycles. The smallest absolute Gasteiger partial charge is 0.407 e. The van der Waals surface area contributed by atoms with Gasteiger partial charge >= 0.3 is 6.09 Å². The summed E-state index contributed by atoms with van der Waals surface area (Å²) in [6.07, 6.45) is 10.9. The molecule has 0 aromatic carbocycles. The van der Waals surface area contributed by atoms with Gasteiger partial charge in [0.25, 0.3) is 0 Å². The monoisotopic (exact) mass is 342 g/mol. The van der Waals surface area contributed by atoms with Crippen molar-refractivity contribution in [3.8, 4) is 0 Å². The number of carbonyl (C=O) groups excluding carboxylic acids is 1. The molecule has 5 heteroatoms. The highest BCUT2D eigenvalue weighted by molar-refractivity contribution is 7.99. The van der Waals surface area contributed by atoms with Crippen LogP contribution in [-0.4, -0.2) is 41.8 Å². The van der Waals surface area contributed by atoms with Gasteiger partial charge in [-0.15, -0.1) is 0 Å². The van der Waals surface area contributed by atoms with Crippen LogP contribution < -0.4 is 10.6 Å². The zero-order valence-corrected chi connectivity index (χ0v) is 16.0. The molecule has 0 heterocycles. The Balaban J connectivity index is 1.82. The molecule has 2 aliphatic carbocycles. The van der Waals surface area contributed by atoms with E-state index >= 15 is 0 Å². The molecular weight excluding hydrogens is 308 g/mol. The minimum absolute atomic E-state index is 0.287. The quantitative estimate of drug-likeness (QED) is 0.794. The van der Waals surface area contributed by atoms with E-state index in [1.807, 2.05) is 32.5 Å². The van der Waals surface area contributed by atoms with E-state index in [1.165, 1.54) is 44.9 Å². The third-order valence-electron chi connectivity index (χ3n) is 5.00. The number of alkyl carbamates (subject to hydrolysis) is 1. The summed E-state index contributed by atoms with van der Waals surface area (Å²) in [6, 6.07) is 1.19. The molecule has 4 atom stereocenters. The van der Waals surface area contributed by atoms with Crippen LogP contribution in [0.4, 0.5) is 4.79 Å². The Hall–Kier alpha value is -0.420. The molecule has 0 bridgehead atoms. The number of amides is 1. The first-order chi connectivity index (χ1) is 10.9. The molecular formula is C18H34N2O2S. The minimum Gasteiger partial charge on any atom is -0.444 e. The van der Waals surface area contributed by atoms with Gasteiger partial charge in [0.05, 0.1) is 0 Å². The fraction of sp³-hybridized carbons (Fsp3) is 0.944. The molecule has 23 heavy (non-hydrogen) atoms. The molecule has 2 N–H and O–H groups in total. The van der Waals surface area contributed by atoms with E-state index in [1.54, 1.807) is 0 Å². The Bertz CT molecular complexity index is 384. The lowest BCUT2D eigenvalue weighted by atomic mass is 9.84. The third kappa shape index (κ3) is 6.18. The third-order valence-corrected chi connectivity index (χ3v) is 6.17. The number of thioether (sulfide) groups is 1. The maximum atomic E-state index is 11.9. The zero-order chi connectivity index (χ0) is 16.9. The van der Waals surface area contributed by atoms with Crippen molar-refractivity contribution in [2.24, 2.45) is 5.92 Å². The van der Waals surface area contributed by atoms with Gasteiger partial charge in [0.1, 0.15) is 5.60 Å². The molecule has 2 aliphatic rings. The van der Waals surface area contributed by atoms with E-state index in [0.717, 1.165) is 11.8 Å². The molecule has 0 aromatic heterocycles. The molecule has 4 nitrogen and oxygen atoms in total. The fourth-order valence-corrected chi connectivity index (χ4v) is 4.82. The summed E-state index contributed by atoms with van der Waals surface area (Å²) in [6.45, 7) is 6.43. The summed E-state index contributed by atoms with van der Waals surface area (Å²) >= 11 is 2.00. The first-order valence-electron chi connectivity index (χ1n) is 9.15. The number of ether oxygens (including phenoxy) is 1. The lowest BCUT2D eigenvalue weighted by Crippen LogP contribution is -2.49. The predicted molar refractivity (Wildman–Crippen MR) is 98.1 cm³/mol. The summed E-state index contributed by atoms with van der Waals surface area (Å²) in [7, 11) is 0. The average molecular weight is 343 g/mol. The van der Waals surface area contributed by atoms with Gasteiger partial charge in [0.15, 0.2) is 0 Å². The SMILES string of the molecule is CSC1CCCC1NC1CCCCC1CNC(=O)OC(C)(C)C. The first kappa shape index (κ1) is 18.9. The summed E-state index contributed by atoms with van der Waals surface area (Å²) in [5, 5.41) is 7.67. The van der Waals surface area contributed by atoms with Crippen molar-refractivity contribution in [1.82, 2.24) is 10.6 Å². The van der Waals surface area contributed by atoms with Crippen molar-refractivity contribution in [3.63, 3.8) is 0 Å². The summed E-state index contributed by atoms with van der Waals surface area (Å²) in [5.74, 6) is 0.527. The molecule has 4 unspecified atom stereocenters. The predicted octanol–water partition coefficient (Wildman–Crippen LogP) is 3.94. The fourth-order valence-electron chi connectivity index (χ4n) is 3.87. The van der Waals surface area contributed by atoms with Crippen LogP contribution in [0.5, 0.6) is 0 Å². The van der Waals surface area contributed by atoms with Gasteiger partial charge < -0.3 is 15.4 Å². The Morgan fingerprint density at radius 1 is 1.09 bits per heavy atom. The Kier molecular flexibility index (Phi) is 7.08. The van der Waals surface area contributed by atoms with Gasteiger partial charge in [0.2, 0.25) is 0 Å². The largest absolute Gasteiger partial charge is 0.444 e. The highest BCUT2D eigenvalue weighted by Crippen LogP contribution is 2.31. The Morgan fingerprint density at radius 3 is 2.48 bits per heavy atom. The lowest BCUT2D eigenvalue weighted by Gasteiger charge is -2.36. The molecule has 0 saturated heterocycles. The second-order valence-corrected chi connectivity index (χ2v) is 9.09. The second-order valence-electron chi connectivity index (χ2n) is 8.01. The number of rotatable bonds is 5. The molecule has 0 radical (unpaired) electrons. The van der Waals surface area contributed by atoms with E-state index in [9.17, 15) is 4.79 Å². The van der Waals surface area contributed by atoms with Crippen LogP contribution in [0, 0.1) is 5.92 Å². The molecule has 0 spiro atoms. The van der Waals surface area contributed by atoms with Gasteiger partial charge in [-0.3, -0.25) is 0 Å². The molecule has 134 valence electrons. The normalized spacial score (nSPS) is 31.8. The van der Waals surface area contributed by atoms with Crippen molar-refractivity contribution < 1.29 is 9.53 Å². The van der Waals surface area contributed by atoms with Crippen LogP contribution >= 0.6 is 11.8 Å². The maximum Gasteiger partial charge on any atom is 0.407 e. The van der Waals surface area contributed by atoms with E-state index in [2.05, 4.69) is 16.9 Å². The van der Waals surface area contributed by atoms with Gasteiger partial charge in [-0.1, -0.05) is 19.3 Å². The molecule has 0 aliphatic heterocycles. The lowest BCUT2D eigenvalue weighted by molar-refractivity contribution is 0.0510. The highest BCUT2D eigenvalue weighted by Gasteiger charge is 2.32. The second kappa shape index (κ2) is 8.61. The summed E-state index contributed by atoms with van der Waals surface area (Å²) < 4.78 is 5.36. The van der Waals surface area contributed by atoms with E-state index in [4.69, 9.17) is 4.74 Å². The van der Waals surface area contributed by atoms with Gasteiger partial charge in [0, 0.05) is 23.9 Å². The van der Waals surface area contributed by atoms with Crippen LogP contribution in [0.15, 0.2) is 0 Å². The van der Waals surface area contributed by atoms with Gasteiger partial charge in [-0.05, 0) is 58.6 Å². The van der Waals surface area contributed by atoms with E-state index in [0.29, 0.717) is 18.0 Å². The van der Waals surface area contributed by atoms with Gasteiger partial charge in [-0.25, -0.2) is 4.79 Å². The Morgan fingerprint density at radius 2 is 1.78 bits per heavy atom. The van der Waals surface area contributed by atoms with E-state index in [-0.39, 0.29) is 6.09 Å². The first-order valence-corrected chi connectivity index (χ1v) is 10.4. The Labute approximate surface area is 145 Å². The maximum absolute atomic E-state index is 11.9. The van der Waals surface area contributed by atoms with Crippen molar-refractivity contribution in [2.45, 2.75) is 88.7 Å². The zero-order valence-electron chi connectivity index (χ0n) is 15.2. The average Bonchev–Trinajstić information content (AvgIpc) is 2.92. The number of hydrogen-bond donors (Lipinski definition) is 2. The van der Waals surface area contributed by atoms with Gasteiger partial charge in [-0.2, -0.15) is 11.8 Å². The highest BCUT2D eigenvalue weighted by atomic mass is 32.2. The molecule has 0 aromatic rings. The van der Waals surface area contributed by atoms with Crippen LogP contribution in [0.25, 0.3) is 0 Å². The van der Waals surface area contributed by atoms with Crippen LogP contribution in [0.2, 0.25) is 0 Å². The molecule has 2 fully saturated rings.